The Hall–Kier alpha value is -1.29. The molecule has 0 saturated carbocycles. The molecular formula is C16H23FN2O. The Kier molecular flexibility index (Phi) is 3.83. The topological polar surface area (TPSA) is 24.5 Å². The number of fused-ring (bicyclic) bond motifs is 2. The van der Waals surface area contributed by atoms with Gasteiger partial charge in [-0.05, 0) is 51.8 Å². The Morgan fingerprint density at radius 2 is 2.00 bits per heavy atom. The summed E-state index contributed by atoms with van der Waals surface area (Å²) in [6.45, 7) is 2.37. The average Bonchev–Trinajstić information content (AvgIpc) is 2.72. The van der Waals surface area contributed by atoms with Crippen molar-refractivity contribution in [3.63, 3.8) is 0 Å². The van der Waals surface area contributed by atoms with Crippen LogP contribution in [0.4, 0.5) is 10.1 Å². The summed E-state index contributed by atoms with van der Waals surface area (Å²) in [5.74, 6) is 0.105. The van der Waals surface area contributed by atoms with E-state index in [0.29, 0.717) is 30.5 Å². The molecule has 2 atom stereocenters. The van der Waals surface area contributed by atoms with Gasteiger partial charge in [-0.25, -0.2) is 4.39 Å². The SMILES string of the molecule is CCOc1ccc(N2C3CCC2CC(NC)C3)cc1F. The Bertz CT molecular complexity index is 466. The quantitative estimate of drug-likeness (QED) is 0.916. The monoisotopic (exact) mass is 278 g/mol. The molecule has 2 unspecified atom stereocenters. The minimum atomic E-state index is -0.250. The van der Waals surface area contributed by atoms with E-state index in [4.69, 9.17) is 4.74 Å². The van der Waals surface area contributed by atoms with E-state index < -0.39 is 0 Å². The van der Waals surface area contributed by atoms with Crippen LogP contribution in [0.3, 0.4) is 0 Å². The van der Waals surface area contributed by atoms with E-state index in [-0.39, 0.29) is 5.82 Å². The van der Waals surface area contributed by atoms with E-state index >= 15 is 0 Å². The summed E-state index contributed by atoms with van der Waals surface area (Å²) in [6, 6.07) is 7.09. The van der Waals surface area contributed by atoms with Crippen LogP contribution in [-0.2, 0) is 0 Å². The number of rotatable bonds is 4. The lowest BCUT2D eigenvalue weighted by Gasteiger charge is -2.40. The molecule has 2 bridgehead atoms. The van der Waals surface area contributed by atoms with Gasteiger partial charge in [-0.2, -0.15) is 0 Å². The van der Waals surface area contributed by atoms with E-state index in [1.807, 2.05) is 20.0 Å². The van der Waals surface area contributed by atoms with Gasteiger partial charge >= 0.3 is 0 Å². The highest BCUT2D eigenvalue weighted by Crippen LogP contribution is 2.40. The minimum absolute atomic E-state index is 0.250. The van der Waals surface area contributed by atoms with Crippen molar-refractivity contribution in [1.82, 2.24) is 5.32 Å². The largest absolute Gasteiger partial charge is 0.491 e. The fraction of sp³-hybridized carbons (Fsp3) is 0.625. The van der Waals surface area contributed by atoms with E-state index in [1.54, 1.807) is 12.1 Å². The van der Waals surface area contributed by atoms with Crippen molar-refractivity contribution in [3.05, 3.63) is 24.0 Å². The summed E-state index contributed by atoms with van der Waals surface area (Å²) < 4.78 is 19.3. The average molecular weight is 278 g/mol. The Morgan fingerprint density at radius 1 is 1.30 bits per heavy atom. The van der Waals surface area contributed by atoms with E-state index in [2.05, 4.69) is 10.2 Å². The summed E-state index contributed by atoms with van der Waals surface area (Å²) in [6.07, 6.45) is 4.75. The lowest BCUT2D eigenvalue weighted by atomic mass is 9.96. The van der Waals surface area contributed by atoms with Gasteiger partial charge in [-0.15, -0.1) is 0 Å². The molecule has 4 heteroatoms. The summed E-state index contributed by atoms with van der Waals surface area (Å²) in [4.78, 5) is 2.42. The van der Waals surface area contributed by atoms with Gasteiger partial charge < -0.3 is 15.0 Å². The molecule has 1 aromatic carbocycles. The van der Waals surface area contributed by atoms with Crippen molar-refractivity contribution >= 4 is 5.69 Å². The summed E-state index contributed by atoms with van der Waals surface area (Å²) >= 11 is 0. The van der Waals surface area contributed by atoms with E-state index in [9.17, 15) is 4.39 Å². The molecule has 2 heterocycles. The molecule has 20 heavy (non-hydrogen) atoms. The minimum Gasteiger partial charge on any atom is -0.491 e. The highest BCUT2D eigenvalue weighted by atomic mass is 19.1. The predicted octanol–water partition coefficient (Wildman–Crippen LogP) is 2.94. The first-order valence-corrected chi connectivity index (χ1v) is 7.61. The third-order valence-electron chi connectivity index (χ3n) is 4.65. The van der Waals surface area contributed by atoms with Gasteiger partial charge in [0, 0.05) is 29.9 Å². The van der Waals surface area contributed by atoms with Gasteiger partial charge in [0.2, 0.25) is 0 Å². The van der Waals surface area contributed by atoms with Crippen molar-refractivity contribution in [2.24, 2.45) is 0 Å². The molecule has 2 saturated heterocycles. The fourth-order valence-corrected chi connectivity index (χ4v) is 3.76. The summed E-state index contributed by atoms with van der Waals surface area (Å²) in [7, 11) is 2.04. The van der Waals surface area contributed by atoms with Gasteiger partial charge in [0.25, 0.3) is 0 Å². The number of halogens is 1. The van der Waals surface area contributed by atoms with Crippen LogP contribution in [0.1, 0.15) is 32.6 Å². The number of nitrogens with zero attached hydrogens (tertiary/aromatic N) is 1. The van der Waals surface area contributed by atoms with Crippen LogP contribution in [0.5, 0.6) is 5.75 Å². The van der Waals surface area contributed by atoms with Crippen LogP contribution in [0.25, 0.3) is 0 Å². The highest BCUT2D eigenvalue weighted by molar-refractivity contribution is 5.53. The van der Waals surface area contributed by atoms with Gasteiger partial charge in [-0.3, -0.25) is 0 Å². The molecular weight excluding hydrogens is 255 g/mol. The number of anilines is 1. The Labute approximate surface area is 120 Å². The summed E-state index contributed by atoms with van der Waals surface area (Å²) in [5, 5.41) is 3.39. The number of benzene rings is 1. The van der Waals surface area contributed by atoms with Gasteiger partial charge in [0.05, 0.1) is 6.61 Å². The van der Waals surface area contributed by atoms with Crippen molar-refractivity contribution < 1.29 is 9.13 Å². The molecule has 0 spiro atoms. The van der Waals surface area contributed by atoms with Gasteiger partial charge in [0.1, 0.15) is 0 Å². The van der Waals surface area contributed by atoms with Crippen molar-refractivity contribution in [2.75, 3.05) is 18.6 Å². The van der Waals surface area contributed by atoms with Crippen LogP contribution in [0.15, 0.2) is 18.2 Å². The Morgan fingerprint density at radius 3 is 2.55 bits per heavy atom. The van der Waals surface area contributed by atoms with Crippen molar-refractivity contribution in [3.8, 4) is 5.75 Å². The number of ether oxygens (including phenoxy) is 1. The second-order valence-corrected chi connectivity index (χ2v) is 5.80. The van der Waals surface area contributed by atoms with Crippen LogP contribution in [-0.4, -0.2) is 31.8 Å². The molecule has 2 fully saturated rings. The van der Waals surface area contributed by atoms with Crippen molar-refractivity contribution in [1.29, 1.82) is 0 Å². The standard InChI is InChI=1S/C16H23FN2O/c1-3-20-16-7-6-14(10-15(16)17)19-12-4-5-13(19)9-11(8-12)18-2/h6-7,10-13,18H,3-5,8-9H2,1-2H3. The lowest BCUT2D eigenvalue weighted by molar-refractivity contribution is 0.321. The van der Waals surface area contributed by atoms with Crippen LogP contribution >= 0.6 is 0 Å². The zero-order chi connectivity index (χ0) is 14.1. The first kappa shape index (κ1) is 13.7. The second kappa shape index (κ2) is 5.60. The maximum Gasteiger partial charge on any atom is 0.167 e. The second-order valence-electron chi connectivity index (χ2n) is 5.80. The zero-order valence-electron chi connectivity index (χ0n) is 12.2. The molecule has 110 valence electrons. The zero-order valence-corrected chi connectivity index (χ0v) is 12.2. The van der Waals surface area contributed by atoms with Crippen molar-refractivity contribution in [2.45, 2.75) is 50.7 Å². The highest BCUT2D eigenvalue weighted by Gasteiger charge is 2.40. The molecule has 1 aromatic rings. The van der Waals surface area contributed by atoms with Crippen LogP contribution < -0.4 is 15.0 Å². The molecule has 2 aliphatic heterocycles. The fourth-order valence-electron chi connectivity index (χ4n) is 3.76. The maximum absolute atomic E-state index is 14.0. The number of hydrogen-bond acceptors (Lipinski definition) is 3. The number of hydrogen-bond donors (Lipinski definition) is 1. The smallest absolute Gasteiger partial charge is 0.167 e. The van der Waals surface area contributed by atoms with E-state index in [0.717, 1.165) is 18.5 Å². The third kappa shape index (κ3) is 2.37. The number of nitrogens with one attached hydrogen (secondary N) is 1. The molecule has 0 aliphatic carbocycles. The molecule has 0 aromatic heterocycles. The first-order chi connectivity index (χ1) is 9.72. The van der Waals surface area contributed by atoms with Gasteiger partial charge in [-0.1, -0.05) is 0 Å². The normalized spacial score (nSPS) is 28.8. The van der Waals surface area contributed by atoms with Crippen LogP contribution in [0, 0.1) is 5.82 Å². The maximum atomic E-state index is 14.0. The Balaban J connectivity index is 1.82. The first-order valence-electron chi connectivity index (χ1n) is 7.61. The molecule has 0 amide bonds. The molecule has 3 nitrogen and oxygen atoms in total. The molecule has 1 N–H and O–H groups in total. The van der Waals surface area contributed by atoms with Crippen LogP contribution in [0.2, 0.25) is 0 Å². The molecule has 2 aliphatic rings. The number of piperidine rings is 1. The molecule has 3 rings (SSSR count). The molecule has 0 radical (unpaired) electrons. The summed E-state index contributed by atoms with van der Waals surface area (Å²) in [5.41, 5.74) is 1.01. The third-order valence-corrected chi connectivity index (χ3v) is 4.65. The van der Waals surface area contributed by atoms with Gasteiger partial charge in [0.15, 0.2) is 11.6 Å². The predicted molar refractivity (Wildman–Crippen MR) is 78.9 cm³/mol. The van der Waals surface area contributed by atoms with E-state index in [1.165, 1.54) is 12.8 Å². The lowest BCUT2D eigenvalue weighted by Crippen LogP contribution is -2.48.